The van der Waals surface area contributed by atoms with E-state index in [4.69, 9.17) is 0 Å². The molecule has 0 bridgehead atoms. The van der Waals surface area contributed by atoms with E-state index in [0.717, 1.165) is 38.2 Å². The molecule has 0 aliphatic carbocycles. The van der Waals surface area contributed by atoms with Crippen LogP contribution >= 0.6 is 0 Å². The van der Waals surface area contributed by atoms with Crippen molar-refractivity contribution in [3.05, 3.63) is 35.6 Å². The molecule has 5 heteroatoms. The van der Waals surface area contributed by atoms with E-state index >= 15 is 0 Å². The molecule has 0 radical (unpaired) electrons. The number of nitrogens with one attached hydrogen (secondary N) is 1. The van der Waals surface area contributed by atoms with Crippen molar-refractivity contribution in [3.63, 3.8) is 0 Å². The van der Waals surface area contributed by atoms with Crippen LogP contribution in [0.5, 0.6) is 0 Å². The topological polar surface area (TPSA) is 35.6 Å². The van der Waals surface area contributed by atoms with Crippen LogP contribution in [0.3, 0.4) is 0 Å². The zero-order chi connectivity index (χ0) is 16.8. The fourth-order valence-electron chi connectivity index (χ4n) is 3.16. The summed E-state index contributed by atoms with van der Waals surface area (Å²) in [6, 6.07) is 7.06. The molecule has 2 amide bonds. The molecule has 1 saturated heterocycles. The van der Waals surface area contributed by atoms with E-state index in [1.807, 2.05) is 24.0 Å². The minimum atomic E-state index is -0.201. The van der Waals surface area contributed by atoms with Gasteiger partial charge in [0.2, 0.25) is 0 Å². The lowest BCUT2D eigenvalue weighted by Crippen LogP contribution is -2.48. The SMILES string of the molecule is CCNC(=O)N1CCCN(Cc2ccc(F)cc2)C(C(C)C)C1. The zero-order valence-corrected chi connectivity index (χ0v) is 14.4. The minimum absolute atomic E-state index is 0.0294. The molecule has 1 aromatic rings. The number of rotatable bonds is 4. The Morgan fingerprint density at radius 3 is 2.61 bits per heavy atom. The van der Waals surface area contributed by atoms with Crippen LogP contribution in [-0.2, 0) is 6.54 Å². The standard InChI is InChI=1S/C18H28FN3O/c1-4-20-18(23)22-11-5-10-21(17(13-22)14(2)3)12-15-6-8-16(19)9-7-15/h6-9,14,17H,4-5,10-13H2,1-3H3,(H,20,23). The smallest absolute Gasteiger partial charge is 0.317 e. The summed E-state index contributed by atoms with van der Waals surface area (Å²) < 4.78 is 13.1. The number of nitrogens with zero attached hydrogens (tertiary/aromatic N) is 2. The molecule has 0 spiro atoms. The van der Waals surface area contributed by atoms with Crippen molar-refractivity contribution >= 4 is 6.03 Å². The highest BCUT2D eigenvalue weighted by Gasteiger charge is 2.29. The Hall–Kier alpha value is -1.62. The van der Waals surface area contributed by atoms with Crippen LogP contribution in [0.25, 0.3) is 0 Å². The summed E-state index contributed by atoms with van der Waals surface area (Å²) >= 11 is 0. The Balaban J connectivity index is 2.09. The molecule has 2 rings (SSSR count). The first-order valence-electron chi connectivity index (χ1n) is 8.52. The van der Waals surface area contributed by atoms with E-state index in [1.165, 1.54) is 12.1 Å². The van der Waals surface area contributed by atoms with E-state index in [0.29, 0.717) is 18.5 Å². The van der Waals surface area contributed by atoms with E-state index in [9.17, 15) is 9.18 Å². The lowest BCUT2D eigenvalue weighted by Gasteiger charge is -2.34. The Morgan fingerprint density at radius 1 is 1.30 bits per heavy atom. The summed E-state index contributed by atoms with van der Waals surface area (Å²) in [6.45, 7) is 10.3. The summed E-state index contributed by atoms with van der Waals surface area (Å²) in [5.74, 6) is 0.248. The Kier molecular flexibility index (Phi) is 6.39. The molecule has 4 nitrogen and oxygen atoms in total. The molecule has 0 aromatic heterocycles. The molecular weight excluding hydrogens is 293 g/mol. The molecule has 1 heterocycles. The molecule has 128 valence electrons. The third kappa shape index (κ3) is 4.93. The lowest BCUT2D eigenvalue weighted by molar-refractivity contribution is 0.135. The van der Waals surface area contributed by atoms with Crippen LogP contribution in [0.1, 0.15) is 32.8 Å². The monoisotopic (exact) mass is 321 g/mol. The molecule has 1 aliphatic heterocycles. The third-order valence-electron chi connectivity index (χ3n) is 4.43. The molecule has 1 unspecified atom stereocenters. The number of hydrogen-bond donors (Lipinski definition) is 1. The fraction of sp³-hybridized carbons (Fsp3) is 0.611. The Morgan fingerprint density at radius 2 is 2.00 bits per heavy atom. The van der Waals surface area contributed by atoms with Gasteiger partial charge in [0.25, 0.3) is 0 Å². The summed E-state index contributed by atoms with van der Waals surface area (Å²) in [6.07, 6.45) is 0.960. The summed E-state index contributed by atoms with van der Waals surface area (Å²) in [7, 11) is 0. The molecule has 1 aliphatic rings. The average Bonchev–Trinajstić information content (AvgIpc) is 2.72. The maximum Gasteiger partial charge on any atom is 0.317 e. The van der Waals surface area contributed by atoms with Gasteiger partial charge in [-0.1, -0.05) is 26.0 Å². The number of urea groups is 1. The number of carbonyl (C=O) groups excluding carboxylic acids is 1. The van der Waals surface area contributed by atoms with Gasteiger partial charge in [-0.25, -0.2) is 9.18 Å². The van der Waals surface area contributed by atoms with Gasteiger partial charge in [0, 0.05) is 38.8 Å². The number of carbonyl (C=O) groups is 1. The highest BCUT2D eigenvalue weighted by atomic mass is 19.1. The number of hydrogen-bond acceptors (Lipinski definition) is 2. The van der Waals surface area contributed by atoms with E-state index in [-0.39, 0.29) is 11.8 Å². The summed E-state index contributed by atoms with van der Waals surface area (Å²) in [5, 5.41) is 2.90. The van der Waals surface area contributed by atoms with E-state index in [1.54, 1.807) is 0 Å². The van der Waals surface area contributed by atoms with Crippen molar-refractivity contribution in [1.29, 1.82) is 0 Å². The lowest BCUT2D eigenvalue weighted by atomic mass is 10.0. The van der Waals surface area contributed by atoms with Crippen molar-refractivity contribution in [1.82, 2.24) is 15.1 Å². The van der Waals surface area contributed by atoms with Crippen molar-refractivity contribution in [2.75, 3.05) is 26.2 Å². The number of halogens is 1. The highest BCUT2D eigenvalue weighted by molar-refractivity contribution is 5.74. The van der Waals surface area contributed by atoms with Gasteiger partial charge in [0.15, 0.2) is 0 Å². The Bertz CT molecular complexity index is 503. The molecule has 0 saturated carbocycles. The molecule has 1 N–H and O–H groups in total. The molecule has 1 fully saturated rings. The molecular formula is C18H28FN3O. The van der Waals surface area contributed by atoms with Gasteiger partial charge in [-0.15, -0.1) is 0 Å². The van der Waals surface area contributed by atoms with Crippen LogP contribution in [0, 0.1) is 11.7 Å². The second kappa shape index (κ2) is 8.29. The van der Waals surface area contributed by atoms with Crippen LogP contribution in [-0.4, -0.2) is 48.1 Å². The van der Waals surface area contributed by atoms with E-state index in [2.05, 4.69) is 24.1 Å². The first-order chi connectivity index (χ1) is 11.0. The maximum atomic E-state index is 13.1. The van der Waals surface area contributed by atoms with Crippen molar-refractivity contribution in [2.24, 2.45) is 5.92 Å². The van der Waals surface area contributed by atoms with Crippen LogP contribution in [0.15, 0.2) is 24.3 Å². The highest BCUT2D eigenvalue weighted by Crippen LogP contribution is 2.20. The van der Waals surface area contributed by atoms with Crippen molar-refractivity contribution < 1.29 is 9.18 Å². The van der Waals surface area contributed by atoms with Gasteiger partial charge >= 0.3 is 6.03 Å². The summed E-state index contributed by atoms with van der Waals surface area (Å²) in [5.41, 5.74) is 1.11. The largest absolute Gasteiger partial charge is 0.338 e. The predicted octanol–water partition coefficient (Wildman–Crippen LogP) is 3.09. The normalized spacial score (nSPS) is 19.7. The van der Waals surface area contributed by atoms with Crippen molar-refractivity contribution in [3.8, 4) is 0 Å². The van der Waals surface area contributed by atoms with Crippen molar-refractivity contribution in [2.45, 2.75) is 39.8 Å². The average molecular weight is 321 g/mol. The van der Waals surface area contributed by atoms with Gasteiger partial charge in [-0.3, -0.25) is 4.90 Å². The fourth-order valence-corrected chi connectivity index (χ4v) is 3.16. The quantitative estimate of drug-likeness (QED) is 0.925. The number of amides is 2. The minimum Gasteiger partial charge on any atom is -0.338 e. The first kappa shape index (κ1) is 17.7. The predicted molar refractivity (Wildman–Crippen MR) is 90.7 cm³/mol. The van der Waals surface area contributed by atoms with Gasteiger partial charge in [-0.05, 0) is 37.0 Å². The summed E-state index contributed by atoms with van der Waals surface area (Å²) in [4.78, 5) is 16.5. The number of benzene rings is 1. The van der Waals surface area contributed by atoms with Gasteiger partial charge in [0.05, 0.1) is 0 Å². The second-order valence-corrected chi connectivity index (χ2v) is 6.54. The maximum absolute atomic E-state index is 13.1. The Labute approximate surface area is 138 Å². The third-order valence-corrected chi connectivity index (χ3v) is 4.43. The molecule has 1 atom stereocenters. The van der Waals surface area contributed by atoms with Gasteiger partial charge in [0.1, 0.15) is 5.82 Å². The van der Waals surface area contributed by atoms with Gasteiger partial charge < -0.3 is 10.2 Å². The van der Waals surface area contributed by atoms with Crippen LogP contribution in [0.4, 0.5) is 9.18 Å². The van der Waals surface area contributed by atoms with E-state index < -0.39 is 0 Å². The second-order valence-electron chi connectivity index (χ2n) is 6.54. The molecule has 23 heavy (non-hydrogen) atoms. The first-order valence-corrected chi connectivity index (χ1v) is 8.52. The zero-order valence-electron chi connectivity index (χ0n) is 14.4. The van der Waals surface area contributed by atoms with Crippen LogP contribution in [0.2, 0.25) is 0 Å². The van der Waals surface area contributed by atoms with Crippen LogP contribution < -0.4 is 5.32 Å². The molecule has 1 aromatic carbocycles. The van der Waals surface area contributed by atoms with Gasteiger partial charge in [-0.2, -0.15) is 0 Å².